The molecule has 0 amide bonds. The summed E-state index contributed by atoms with van der Waals surface area (Å²) in [6.07, 6.45) is 1.39. The van der Waals surface area contributed by atoms with Crippen molar-refractivity contribution in [3.63, 3.8) is 0 Å². The molecule has 1 N–H and O–H groups in total. The fourth-order valence-corrected chi connectivity index (χ4v) is 0.657. The molecule has 0 aromatic rings. The van der Waals surface area contributed by atoms with Crippen molar-refractivity contribution in [2.75, 3.05) is 13.7 Å². The molecule has 0 bridgehead atoms. The van der Waals surface area contributed by atoms with Crippen molar-refractivity contribution in [1.82, 2.24) is 10.2 Å². The van der Waals surface area contributed by atoms with Crippen LogP contribution >= 0.6 is 0 Å². The molecule has 0 saturated heterocycles. The van der Waals surface area contributed by atoms with Crippen molar-refractivity contribution in [1.29, 1.82) is 0 Å². The fraction of sp³-hybridized carbons (Fsp3) is 0.500. The van der Waals surface area contributed by atoms with Crippen molar-refractivity contribution in [2.45, 2.75) is 0 Å². The Hall–Kier alpha value is -1.26. The topological polar surface area (TPSA) is 58.4 Å². The van der Waals surface area contributed by atoms with Crippen LogP contribution in [0.25, 0.3) is 0 Å². The first-order valence-electron chi connectivity index (χ1n) is 2.51. The molecule has 0 aromatic heterocycles. The lowest BCUT2D eigenvalue weighted by molar-refractivity contribution is -0.443. The first-order chi connectivity index (χ1) is 4.22. The molecule has 9 heavy (non-hydrogen) atoms. The first-order valence-corrected chi connectivity index (χ1v) is 2.51. The second-order valence-electron chi connectivity index (χ2n) is 1.82. The normalized spacial score (nSPS) is 17.0. The molecule has 5 heteroatoms. The lowest BCUT2D eigenvalue weighted by Gasteiger charge is -2.03. The van der Waals surface area contributed by atoms with Gasteiger partial charge in [-0.3, -0.25) is 0 Å². The zero-order chi connectivity index (χ0) is 6.85. The SMILES string of the molecule is CN1CNC=C1[N+](=O)[O-]. The minimum atomic E-state index is -0.417. The van der Waals surface area contributed by atoms with Gasteiger partial charge in [0, 0.05) is 0 Å². The van der Waals surface area contributed by atoms with E-state index in [-0.39, 0.29) is 5.82 Å². The van der Waals surface area contributed by atoms with Crippen LogP contribution < -0.4 is 5.32 Å². The Morgan fingerprint density at radius 2 is 2.67 bits per heavy atom. The lowest BCUT2D eigenvalue weighted by Crippen LogP contribution is -2.21. The van der Waals surface area contributed by atoms with Crippen molar-refractivity contribution in [3.8, 4) is 0 Å². The van der Waals surface area contributed by atoms with E-state index in [0.717, 1.165) is 0 Å². The molecule has 1 aliphatic heterocycles. The highest BCUT2D eigenvalue weighted by Gasteiger charge is 2.19. The van der Waals surface area contributed by atoms with E-state index in [2.05, 4.69) is 5.32 Å². The third-order valence-electron chi connectivity index (χ3n) is 1.14. The average molecular weight is 129 g/mol. The Kier molecular flexibility index (Phi) is 1.26. The minimum absolute atomic E-state index is 0.120. The van der Waals surface area contributed by atoms with Crippen LogP contribution in [-0.4, -0.2) is 23.5 Å². The third kappa shape index (κ3) is 0.933. The van der Waals surface area contributed by atoms with Gasteiger partial charge in [0.15, 0.2) is 6.67 Å². The van der Waals surface area contributed by atoms with Crippen LogP contribution in [0.3, 0.4) is 0 Å². The smallest absolute Gasteiger partial charge is 0.335 e. The molecule has 0 saturated carbocycles. The van der Waals surface area contributed by atoms with E-state index in [1.165, 1.54) is 11.1 Å². The maximum absolute atomic E-state index is 10.1. The summed E-state index contributed by atoms with van der Waals surface area (Å²) in [6.45, 7) is 0.524. The molecular formula is C4H7N3O2. The van der Waals surface area contributed by atoms with Crippen LogP contribution in [0.4, 0.5) is 0 Å². The van der Waals surface area contributed by atoms with Gasteiger partial charge in [-0.25, -0.2) is 4.90 Å². The second kappa shape index (κ2) is 1.93. The number of nitro groups is 1. The van der Waals surface area contributed by atoms with E-state index in [4.69, 9.17) is 0 Å². The molecule has 0 unspecified atom stereocenters. The zero-order valence-corrected chi connectivity index (χ0v) is 5.00. The van der Waals surface area contributed by atoms with Gasteiger partial charge in [-0.15, -0.1) is 0 Å². The molecule has 0 spiro atoms. The summed E-state index contributed by atoms with van der Waals surface area (Å²) < 4.78 is 0. The fourth-order valence-electron chi connectivity index (χ4n) is 0.657. The molecule has 0 aromatic carbocycles. The Labute approximate surface area is 52.1 Å². The van der Waals surface area contributed by atoms with Gasteiger partial charge in [0.1, 0.15) is 0 Å². The van der Waals surface area contributed by atoms with Crippen molar-refractivity contribution < 1.29 is 4.92 Å². The van der Waals surface area contributed by atoms with Gasteiger partial charge < -0.3 is 15.4 Å². The Morgan fingerprint density at radius 1 is 2.00 bits per heavy atom. The molecule has 5 nitrogen and oxygen atoms in total. The van der Waals surface area contributed by atoms with E-state index < -0.39 is 4.92 Å². The monoisotopic (exact) mass is 129 g/mol. The summed E-state index contributed by atoms with van der Waals surface area (Å²) in [5.74, 6) is 0.120. The van der Waals surface area contributed by atoms with E-state index in [1.54, 1.807) is 7.05 Å². The summed E-state index contributed by atoms with van der Waals surface area (Å²) in [4.78, 5) is 11.2. The number of nitrogens with one attached hydrogen (secondary N) is 1. The summed E-state index contributed by atoms with van der Waals surface area (Å²) in [6, 6.07) is 0. The maximum Gasteiger partial charge on any atom is 0.335 e. The largest absolute Gasteiger partial charge is 0.358 e. The van der Waals surface area contributed by atoms with Gasteiger partial charge in [-0.1, -0.05) is 0 Å². The van der Waals surface area contributed by atoms with Gasteiger partial charge in [0.05, 0.1) is 13.2 Å². The van der Waals surface area contributed by atoms with Crippen molar-refractivity contribution >= 4 is 0 Å². The van der Waals surface area contributed by atoms with Crippen LogP contribution in [0.2, 0.25) is 0 Å². The molecular weight excluding hydrogens is 122 g/mol. The summed E-state index contributed by atoms with van der Waals surface area (Å²) >= 11 is 0. The zero-order valence-electron chi connectivity index (χ0n) is 5.00. The van der Waals surface area contributed by atoms with Gasteiger partial charge in [0.2, 0.25) is 0 Å². The highest BCUT2D eigenvalue weighted by molar-refractivity contribution is 4.93. The summed E-state index contributed by atoms with van der Waals surface area (Å²) in [5.41, 5.74) is 0. The maximum atomic E-state index is 10.1. The van der Waals surface area contributed by atoms with Gasteiger partial charge in [0.25, 0.3) is 0 Å². The standard InChI is InChI=1S/C4H7N3O2/c1-6-3-5-2-4(6)7(8)9/h2,5H,3H2,1H3. The molecule has 1 heterocycles. The summed E-state index contributed by atoms with van der Waals surface area (Å²) in [5, 5.41) is 12.8. The van der Waals surface area contributed by atoms with Crippen molar-refractivity contribution in [3.05, 3.63) is 22.1 Å². The molecule has 0 fully saturated rings. The van der Waals surface area contributed by atoms with Crippen LogP contribution in [0, 0.1) is 10.1 Å². The number of hydrogen-bond acceptors (Lipinski definition) is 4. The lowest BCUT2D eigenvalue weighted by atomic mass is 10.7. The number of rotatable bonds is 1. The quantitative estimate of drug-likeness (QED) is 0.385. The van der Waals surface area contributed by atoms with Crippen LogP contribution in [0.15, 0.2) is 12.0 Å². The van der Waals surface area contributed by atoms with Gasteiger partial charge in [-0.2, -0.15) is 0 Å². The third-order valence-corrected chi connectivity index (χ3v) is 1.14. The highest BCUT2D eigenvalue weighted by atomic mass is 16.6. The van der Waals surface area contributed by atoms with E-state index in [9.17, 15) is 10.1 Å². The molecule has 0 aliphatic carbocycles. The molecule has 1 aliphatic rings. The molecule has 50 valence electrons. The van der Waals surface area contributed by atoms with Crippen LogP contribution in [-0.2, 0) is 0 Å². The predicted molar refractivity (Wildman–Crippen MR) is 30.8 cm³/mol. The molecule has 0 atom stereocenters. The van der Waals surface area contributed by atoms with Gasteiger partial charge >= 0.3 is 5.82 Å². The first kappa shape index (κ1) is 5.87. The predicted octanol–water partition coefficient (Wildman–Crippen LogP) is -0.446. The van der Waals surface area contributed by atoms with Crippen LogP contribution in [0.1, 0.15) is 0 Å². The Bertz CT molecular complexity index is 165. The summed E-state index contributed by atoms with van der Waals surface area (Å²) in [7, 11) is 1.66. The second-order valence-corrected chi connectivity index (χ2v) is 1.82. The Balaban J connectivity index is 2.68. The minimum Gasteiger partial charge on any atom is -0.358 e. The average Bonchev–Trinajstić information content (AvgIpc) is 2.13. The molecule has 1 rings (SSSR count). The van der Waals surface area contributed by atoms with E-state index in [0.29, 0.717) is 6.67 Å². The van der Waals surface area contributed by atoms with E-state index in [1.807, 2.05) is 0 Å². The van der Waals surface area contributed by atoms with E-state index >= 15 is 0 Å². The van der Waals surface area contributed by atoms with Crippen LogP contribution in [0.5, 0.6) is 0 Å². The molecule has 0 radical (unpaired) electrons. The van der Waals surface area contributed by atoms with Crippen molar-refractivity contribution in [2.24, 2.45) is 0 Å². The van der Waals surface area contributed by atoms with Gasteiger partial charge in [-0.05, 0) is 4.92 Å². The number of hydrogen-bond donors (Lipinski definition) is 1. The Morgan fingerprint density at radius 3 is 2.89 bits per heavy atom. The number of nitrogens with zero attached hydrogens (tertiary/aromatic N) is 2. The highest BCUT2D eigenvalue weighted by Crippen LogP contribution is 2.03.